The molecule has 1 aliphatic rings. The van der Waals surface area contributed by atoms with E-state index in [4.69, 9.17) is 5.41 Å². The summed E-state index contributed by atoms with van der Waals surface area (Å²) in [4.78, 5) is 4.25. The first kappa shape index (κ1) is 17.9. The average molecular weight is 300 g/mol. The van der Waals surface area contributed by atoms with Gasteiger partial charge in [0.1, 0.15) is 13.6 Å². The lowest BCUT2D eigenvalue weighted by Crippen LogP contribution is -2.16. The van der Waals surface area contributed by atoms with E-state index in [-0.39, 0.29) is 0 Å². The van der Waals surface area contributed by atoms with E-state index >= 15 is 0 Å². The molecule has 22 heavy (non-hydrogen) atoms. The molecule has 0 bridgehead atoms. The Kier molecular flexibility index (Phi) is 7.89. The van der Waals surface area contributed by atoms with E-state index < -0.39 is 0 Å². The van der Waals surface area contributed by atoms with E-state index in [2.05, 4.69) is 39.8 Å². The maximum atomic E-state index is 7.19. The van der Waals surface area contributed by atoms with Gasteiger partial charge in [-0.25, -0.2) is 4.58 Å². The number of hydrogen-bond acceptors (Lipinski definition) is 3. The summed E-state index contributed by atoms with van der Waals surface area (Å²) in [5, 5.41) is 15.9. The van der Waals surface area contributed by atoms with Crippen LogP contribution in [-0.4, -0.2) is 43.5 Å². The lowest BCUT2D eigenvalue weighted by Gasteiger charge is -2.08. The zero-order valence-electron chi connectivity index (χ0n) is 14.0. The fourth-order valence-electron chi connectivity index (χ4n) is 1.98. The van der Waals surface area contributed by atoms with Crippen LogP contribution in [0, 0.1) is 5.41 Å². The molecule has 0 amide bonds. The number of unbranched alkanes of at least 4 members (excludes halogenated alkanes) is 1. The third-order valence-electron chi connectivity index (χ3n) is 3.38. The third-order valence-corrected chi connectivity index (χ3v) is 3.38. The average Bonchev–Trinajstić information content (AvgIpc) is 2.52. The van der Waals surface area contributed by atoms with Crippen molar-refractivity contribution in [2.75, 3.05) is 20.6 Å². The van der Waals surface area contributed by atoms with Crippen molar-refractivity contribution in [1.29, 1.82) is 5.41 Å². The molecule has 0 unspecified atom stereocenters. The molecule has 1 heterocycles. The van der Waals surface area contributed by atoms with E-state index in [0.717, 1.165) is 42.7 Å². The van der Waals surface area contributed by atoms with Gasteiger partial charge in [0.05, 0.1) is 5.70 Å². The molecule has 0 aromatic heterocycles. The van der Waals surface area contributed by atoms with Crippen molar-refractivity contribution >= 4 is 18.3 Å². The van der Waals surface area contributed by atoms with E-state index in [1.807, 2.05) is 19.2 Å². The molecule has 1 N–H and O–H groups in total. The first-order valence-corrected chi connectivity index (χ1v) is 7.63. The Balaban J connectivity index is 2.98. The number of hydrogen-bond donors (Lipinski definition) is 1. The van der Waals surface area contributed by atoms with Crippen LogP contribution in [0.25, 0.3) is 0 Å². The van der Waals surface area contributed by atoms with Crippen LogP contribution in [0.1, 0.15) is 33.1 Å². The number of allylic oxidation sites excluding steroid dienone is 4. The number of rotatable bonds is 6. The topological polar surface area (TPSA) is 63.9 Å². The fraction of sp³-hybridized carbons (Fsp3) is 0.471. The lowest BCUT2D eigenvalue weighted by atomic mass is 10.1. The zero-order valence-corrected chi connectivity index (χ0v) is 14.0. The van der Waals surface area contributed by atoms with Crippen LogP contribution in [0.4, 0.5) is 0 Å². The quantitative estimate of drug-likeness (QED) is 0.255. The number of aliphatic imine (C=N–C) groups is 1. The van der Waals surface area contributed by atoms with Gasteiger partial charge in [-0.2, -0.15) is 0 Å². The van der Waals surface area contributed by atoms with Gasteiger partial charge in [0, 0.05) is 31.3 Å². The summed E-state index contributed by atoms with van der Waals surface area (Å²) in [5.74, 6) is 0.675. The van der Waals surface area contributed by atoms with Crippen LogP contribution in [0.3, 0.4) is 0 Å². The Labute approximate surface area is 133 Å². The van der Waals surface area contributed by atoms with Crippen molar-refractivity contribution in [1.82, 2.24) is 0 Å². The maximum absolute atomic E-state index is 7.19. The molecule has 0 radical (unpaired) electrons. The standard InChI is InChI=1S/C17H26N5/c1-5-6-7-16(14(2)8-11-18)20-21-17(19-3)15-9-12-22(4)13-10-15/h7-9,11-12,18H,5-6,10,13H2,1-4H3/q+1. The highest BCUT2D eigenvalue weighted by atomic mass is 15.1. The highest BCUT2D eigenvalue weighted by Crippen LogP contribution is 2.15. The van der Waals surface area contributed by atoms with Crippen LogP contribution in [-0.2, 0) is 0 Å². The molecule has 0 saturated heterocycles. The molecule has 1 aliphatic heterocycles. The summed E-state index contributed by atoms with van der Waals surface area (Å²) >= 11 is 0. The zero-order chi connectivity index (χ0) is 16.4. The number of nitrogens with zero attached hydrogens (tertiary/aromatic N) is 4. The molecule has 0 aromatic rings. The molecule has 118 valence electrons. The minimum Gasteiger partial charge on any atom is -0.309 e. The van der Waals surface area contributed by atoms with E-state index in [1.54, 1.807) is 13.1 Å². The smallest absolute Gasteiger partial charge is 0.173 e. The second kappa shape index (κ2) is 9.71. The van der Waals surface area contributed by atoms with Gasteiger partial charge in [-0.05, 0) is 25.0 Å². The lowest BCUT2D eigenvalue weighted by molar-refractivity contribution is -0.492. The molecule has 5 heteroatoms. The van der Waals surface area contributed by atoms with Crippen molar-refractivity contribution in [2.45, 2.75) is 33.1 Å². The molecule has 0 spiro atoms. The Hall–Kier alpha value is -2.17. The van der Waals surface area contributed by atoms with Gasteiger partial charge >= 0.3 is 0 Å². The minimum atomic E-state index is 0.675. The van der Waals surface area contributed by atoms with Crippen molar-refractivity contribution in [3.05, 3.63) is 35.1 Å². The molecule has 0 aliphatic carbocycles. The first-order chi connectivity index (χ1) is 10.6. The summed E-state index contributed by atoms with van der Waals surface area (Å²) in [6.07, 6.45) is 12.0. The SMILES string of the molecule is CCCC=C(N=NC(=NC)C1=CC=[N+](C)CC1)C(C)=CC=N. The Morgan fingerprint density at radius 3 is 2.73 bits per heavy atom. The molecule has 0 atom stereocenters. The van der Waals surface area contributed by atoms with Gasteiger partial charge in [-0.3, -0.25) is 4.99 Å². The van der Waals surface area contributed by atoms with Crippen molar-refractivity contribution < 1.29 is 4.58 Å². The first-order valence-electron chi connectivity index (χ1n) is 7.63. The minimum absolute atomic E-state index is 0.675. The van der Waals surface area contributed by atoms with Crippen LogP contribution >= 0.6 is 0 Å². The van der Waals surface area contributed by atoms with Gasteiger partial charge in [-0.15, -0.1) is 10.2 Å². The normalized spacial score (nSPS) is 17.5. The second-order valence-electron chi connectivity index (χ2n) is 5.21. The maximum Gasteiger partial charge on any atom is 0.173 e. The highest BCUT2D eigenvalue weighted by Gasteiger charge is 2.13. The van der Waals surface area contributed by atoms with Crippen LogP contribution in [0.5, 0.6) is 0 Å². The van der Waals surface area contributed by atoms with E-state index in [1.165, 1.54) is 6.21 Å². The van der Waals surface area contributed by atoms with Gasteiger partial charge in [0.25, 0.3) is 0 Å². The third kappa shape index (κ3) is 5.68. The van der Waals surface area contributed by atoms with E-state index in [9.17, 15) is 0 Å². The molecule has 0 saturated carbocycles. The molecule has 0 fully saturated rings. The Morgan fingerprint density at radius 2 is 2.18 bits per heavy atom. The molecule has 1 rings (SSSR count). The second-order valence-corrected chi connectivity index (χ2v) is 5.21. The highest BCUT2D eigenvalue weighted by molar-refractivity contribution is 6.01. The molecule has 0 aromatic carbocycles. The van der Waals surface area contributed by atoms with Gasteiger partial charge in [0.15, 0.2) is 12.1 Å². The number of amidine groups is 1. The van der Waals surface area contributed by atoms with Crippen LogP contribution in [0.15, 0.2) is 50.3 Å². The monoisotopic (exact) mass is 300 g/mol. The van der Waals surface area contributed by atoms with Crippen LogP contribution < -0.4 is 0 Å². The fourth-order valence-corrected chi connectivity index (χ4v) is 1.98. The van der Waals surface area contributed by atoms with Gasteiger partial charge in [-0.1, -0.05) is 19.4 Å². The summed E-state index contributed by atoms with van der Waals surface area (Å²) in [5.41, 5.74) is 2.85. The van der Waals surface area contributed by atoms with Gasteiger partial charge in [0.2, 0.25) is 0 Å². The Bertz CT molecular complexity index is 574. The summed E-state index contributed by atoms with van der Waals surface area (Å²) in [7, 11) is 3.79. The van der Waals surface area contributed by atoms with Crippen molar-refractivity contribution in [3.8, 4) is 0 Å². The number of azo groups is 1. The summed E-state index contributed by atoms with van der Waals surface area (Å²) in [6.45, 7) is 5.03. The largest absolute Gasteiger partial charge is 0.309 e. The summed E-state index contributed by atoms with van der Waals surface area (Å²) < 4.78 is 2.14. The molecular formula is C17H26N5+. The summed E-state index contributed by atoms with van der Waals surface area (Å²) in [6, 6.07) is 0. The molecular weight excluding hydrogens is 274 g/mol. The molecule has 5 nitrogen and oxygen atoms in total. The van der Waals surface area contributed by atoms with Gasteiger partial charge < -0.3 is 5.41 Å². The Morgan fingerprint density at radius 1 is 1.41 bits per heavy atom. The predicted octanol–water partition coefficient (Wildman–Crippen LogP) is 3.79. The van der Waals surface area contributed by atoms with Crippen LogP contribution in [0.2, 0.25) is 0 Å². The van der Waals surface area contributed by atoms with Crippen molar-refractivity contribution in [2.24, 2.45) is 15.2 Å². The van der Waals surface area contributed by atoms with Crippen molar-refractivity contribution in [3.63, 3.8) is 0 Å². The predicted molar refractivity (Wildman–Crippen MR) is 93.6 cm³/mol. The number of nitrogens with one attached hydrogen (secondary N) is 1. The van der Waals surface area contributed by atoms with E-state index in [0.29, 0.717) is 5.84 Å².